The van der Waals surface area contributed by atoms with E-state index in [4.69, 9.17) is 0 Å². The normalized spacial score (nSPS) is 11.1. The lowest BCUT2D eigenvalue weighted by molar-refractivity contribution is -0.384. The van der Waals surface area contributed by atoms with Gasteiger partial charge in [0.2, 0.25) is 16.0 Å². The largest absolute Gasteiger partial charge is 0.329 e. The van der Waals surface area contributed by atoms with E-state index in [2.05, 4.69) is 20.0 Å². The third kappa shape index (κ3) is 4.65. The Hall–Kier alpha value is -3.57. The van der Waals surface area contributed by atoms with E-state index in [1.807, 2.05) is 0 Å². The van der Waals surface area contributed by atoms with E-state index < -0.39 is 14.9 Å². The van der Waals surface area contributed by atoms with Crippen molar-refractivity contribution in [1.29, 1.82) is 0 Å². The molecule has 0 unspecified atom stereocenters. The van der Waals surface area contributed by atoms with Gasteiger partial charge in [0, 0.05) is 36.8 Å². The molecule has 1 aromatic heterocycles. The third-order valence-electron chi connectivity index (χ3n) is 4.10. The average Bonchev–Trinajstić information content (AvgIpc) is 2.73. The topological polar surface area (TPSA) is 130 Å². The van der Waals surface area contributed by atoms with Crippen LogP contribution in [0.15, 0.2) is 65.7 Å². The Morgan fingerprint density at radius 2 is 1.83 bits per heavy atom. The van der Waals surface area contributed by atoms with E-state index >= 15 is 0 Å². The maximum atomic E-state index is 12.0. The van der Waals surface area contributed by atoms with Crippen molar-refractivity contribution in [2.24, 2.45) is 0 Å². The molecule has 0 saturated heterocycles. The molecule has 0 saturated carbocycles. The van der Waals surface area contributed by atoms with Gasteiger partial charge in [-0.25, -0.2) is 18.1 Å². The van der Waals surface area contributed by atoms with Gasteiger partial charge in [-0.15, -0.1) is 0 Å². The minimum absolute atomic E-state index is 0.00333. The summed E-state index contributed by atoms with van der Waals surface area (Å²) in [5, 5.41) is 13.8. The van der Waals surface area contributed by atoms with Gasteiger partial charge in [0.05, 0.1) is 9.82 Å². The number of non-ortho nitro benzene ring substituents is 1. The predicted octanol–water partition coefficient (Wildman–Crippen LogP) is 2.80. The van der Waals surface area contributed by atoms with Crippen molar-refractivity contribution in [3.63, 3.8) is 0 Å². The monoisotopic (exact) mass is 414 g/mol. The molecule has 0 amide bonds. The fourth-order valence-electron chi connectivity index (χ4n) is 2.51. The highest BCUT2D eigenvalue weighted by atomic mass is 32.2. The van der Waals surface area contributed by atoms with Crippen molar-refractivity contribution in [3.8, 4) is 0 Å². The molecule has 0 spiro atoms. The third-order valence-corrected chi connectivity index (χ3v) is 5.51. The van der Waals surface area contributed by atoms with Crippen LogP contribution in [0.5, 0.6) is 0 Å². The molecule has 2 N–H and O–H groups in total. The maximum Gasteiger partial charge on any atom is 0.269 e. The molecule has 10 nitrogen and oxygen atoms in total. The zero-order valence-corrected chi connectivity index (χ0v) is 16.4. The summed E-state index contributed by atoms with van der Waals surface area (Å²) in [5.74, 6) is 0.825. The molecule has 0 atom stereocenters. The van der Waals surface area contributed by atoms with Gasteiger partial charge >= 0.3 is 0 Å². The van der Waals surface area contributed by atoms with Gasteiger partial charge in [-0.2, -0.15) is 4.98 Å². The van der Waals surface area contributed by atoms with Gasteiger partial charge in [-0.05, 0) is 43.4 Å². The van der Waals surface area contributed by atoms with Crippen molar-refractivity contribution >= 4 is 38.9 Å². The predicted molar refractivity (Wildman–Crippen MR) is 109 cm³/mol. The van der Waals surface area contributed by atoms with Crippen LogP contribution >= 0.6 is 0 Å². The number of hydrogen-bond donors (Lipinski definition) is 2. The Balaban J connectivity index is 1.83. The molecule has 29 heavy (non-hydrogen) atoms. The van der Waals surface area contributed by atoms with Crippen LogP contribution in [0.25, 0.3) is 0 Å². The van der Waals surface area contributed by atoms with Gasteiger partial charge < -0.3 is 10.2 Å². The molecule has 0 aliphatic heterocycles. The van der Waals surface area contributed by atoms with Gasteiger partial charge in [0.25, 0.3) is 5.69 Å². The fourth-order valence-corrected chi connectivity index (χ4v) is 3.29. The zero-order valence-electron chi connectivity index (χ0n) is 15.6. The van der Waals surface area contributed by atoms with Crippen LogP contribution < -0.4 is 14.9 Å². The lowest BCUT2D eigenvalue weighted by Crippen LogP contribution is -2.18. The van der Waals surface area contributed by atoms with Crippen LogP contribution in [0.4, 0.5) is 28.8 Å². The van der Waals surface area contributed by atoms with Crippen LogP contribution in [0.3, 0.4) is 0 Å². The number of nitro groups is 1. The molecule has 2 aromatic carbocycles. The first-order valence-corrected chi connectivity index (χ1v) is 9.90. The first kappa shape index (κ1) is 20.2. The number of aromatic nitrogens is 2. The second-order valence-electron chi connectivity index (χ2n) is 5.93. The molecule has 0 bridgehead atoms. The molecule has 150 valence electrons. The summed E-state index contributed by atoms with van der Waals surface area (Å²) in [4.78, 5) is 20.8. The van der Waals surface area contributed by atoms with E-state index in [-0.39, 0.29) is 16.5 Å². The summed E-state index contributed by atoms with van der Waals surface area (Å²) < 4.78 is 26.2. The van der Waals surface area contributed by atoms with Crippen LogP contribution in [0.1, 0.15) is 0 Å². The number of rotatable bonds is 7. The number of nitro benzene ring substituents is 1. The number of benzene rings is 2. The van der Waals surface area contributed by atoms with Gasteiger partial charge in [-0.1, -0.05) is 6.07 Å². The highest BCUT2D eigenvalue weighted by molar-refractivity contribution is 7.89. The molecule has 11 heteroatoms. The van der Waals surface area contributed by atoms with Crippen molar-refractivity contribution < 1.29 is 13.3 Å². The highest BCUT2D eigenvalue weighted by Gasteiger charge is 2.13. The second-order valence-corrected chi connectivity index (χ2v) is 7.82. The quantitative estimate of drug-likeness (QED) is 0.446. The fraction of sp³-hybridized carbons (Fsp3) is 0.111. The van der Waals surface area contributed by atoms with E-state index in [0.717, 1.165) is 0 Å². The molecule has 0 aliphatic carbocycles. The van der Waals surface area contributed by atoms with Crippen molar-refractivity contribution in [1.82, 2.24) is 14.7 Å². The minimum Gasteiger partial charge on any atom is -0.329 e. The standard InChI is InChI=1S/C18H18N6O4S/c1-19-29(27,28)16-5-3-4-13(12-16)21-18-20-11-10-17(22-18)23(2)14-6-8-15(9-7-14)24(25)26/h3-12,19H,1-2H3,(H,20,21,22). The number of hydrogen-bond acceptors (Lipinski definition) is 8. The summed E-state index contributed by atoms with van der Waals surface area (Å²) in [6.45, 7) is 0. The maximum absolute atomic E-state index is 12.0. The Morgan fingerprint density at radius 1 is 1.10 bits per heavy atom. The van der Waals surface area contributed by atoms with Gasteiger partial charge in [0.1, 0.15) is 5.82 Å². The Bertz CT molecular complexity index is 1140. The van der Waals surface area contributed by atoms with Crippen LogP contribution in [-0.2, 0) is 10.0 Å². The molecule has 1 heterocycles. The second kappa shape index (κ2) is 8.20. The van der Waals surface area contributed by atoms with Crippen molar-refractivity contribution in [3.05, 3.63) is 70.9 Å². The van der Waals surface area contributed by atoms with E-state index in [0.29, 0.717) is 17.2 Å². The first-order chi connectivity index (χ1) is 13.8. The SMILES string of the molecule is CNS(=O)(=O)c1cccc(Nc2nccc(N(C)c3ccc([N+](=O)[O-])cc3)n2)c1. The van der Waals surface area contributed by atoms with E-state index in [9.17, 15) is 18.5 Å². The van der Waals surface area contributed by atoms with Crippen LogP contribution in [0.2, 0.25) is 0 Å². The average molecular weight is 414 g/mol. The van der Waals surface area contributed by atoms with Crippen molar-refractivity contribution in [2.45, 2.75) is 4.90 Å². The van der Waals surface area contributed by atoms with E-state index in [1.165, 1.54) is 31.3 Å². The number of nitrogens with one attached hydrogen (secondary N) is 2. The number of anilines is 4. The Kier molecular flexibility index (Phi) is 5.71. The Labute approximate surface area is 167 Å². The summed E-state index contributed by atoms with van der Waals surface area (Å²) in [7, 11) is -0.453. The molecular formula is C18H18N6O4S. The molecule has 3 aromatic rings. The minimum atomic E-state index is -3.57. The van der Waals surface area contributed by atoms with Crippen LogP contribution in [0, 0.1) is 10.1 Å². The van der Waals surface area contributed by atoms with E-state index in [1.54, 1.807) is 48.5 Å². The smallest absolute Gasteiger partial charge is 0.269 e. The first-order valence-electron chi connectivity index (χ1n) is 8.42. The summed E-state index contributed by atoms with van der Waals surface area (Å²) in [6, 6.07) is 14.0. The van der Waals surface area contributed by atoms with Gasteiger partial charge in [0.15, 0.2) is 0 Å². The number of nitrogens with zero attached hydrogens (tertiary/aromatic N) is 4. The number of sulfonamides is 1. The lowest BCUT2D eigenvalue weighted by Gasteiger charge is -2.18. The van der Waals surface area contributed by atoms with Gasteiger partial charge in [-0.3, -0.25) is 10.1 Å². The molecule has 0 aliphatic rings. The van der Waals surface area contributed by atoms with Crippen LogP contribution in [-0.4, -0.2) is 37.4 Å². The molecular weight excluding hydrogens is 396 g/mol. The van der Waals surface area contributed by atoms with Crippen molar-refractivity contribution in [2.75, 3.05) is 24.3 Å². The summed E-state index contributed by atoms with van der Waals surface area (Å²) >= 11 is 0. The summed E-state index contributed by atoms with van der Waals surface area (Å²) in [5.41, 5.74) is 1.22. The zero-order chi connectivity index (χ0) is 21.0. The molecule has 0 radical (unpaired) electrons. The Morgan fingerprint density at radius 3 is 2.48 bits per heavy atom. The lowest BCUT2D eigenvalue weighted by atomic mass is 10.2. The molecule has 3 rings (SSSR count). The molecule has 0 fully saturated rings. The summed E-state index contributed by atoms with van der Waals surface area (Å²) in [6.07, 6.45) is 1.56. The highest BCUT2D eigenvalue weighted by Crippen LogP contribution is 2.25.